The lowest BCUT2D eigenvalue weighted by Crippen LogP contribution is -2.22. The summed E-state index contributed by atoms with van der Waals surface area (Å²) in [5, 5.41) is 0.776. The zero-order valence-electron chi connectivity index (χ0n) is 15.5. The molecule has 0 bridgehead atoms. The van der Waals surface area contributed by atoms with E-state index in [0.29, 0.717) is 18.9 Å². The Kier molecular flexibility index (Phi) is 4.97. The molecular weight excluding hydrogens is 365 g/mol. The van der Waals surface area contributed by atoms with Gasteiger partial charge in [-0.1, -0.05) is 6.07 Å². The number of rotatable bonds is 5. The van der Waals surface area contributed by atoms with Gasteiger partial charge in [0.2, 0.25) is 0 Å². The molecule has 0 saturated heterocycles. The van der Waals surface area contributed by atoms with Gasteiger partial charge in [-0.05, 0) is 56.0 Å². The normalized spacial score (nSPS) is 13.9. The lowest BCUT2D eigenvalue weighted by Gasteiger charge is -2.16. The first-order chi connectivity index (χ1) is 13.0. The van der Waals surface area contributed by atoms with Crippen molar-refractivity contribution in [3.63, 3.8) is 0 Å². The first-order valence-electron chi connectivity index (χ1n) is 9.09. The van der Waals surface area contributed by atoms with E-state index in [0.717, 1.165) is 35.0 Å². The number of thiophene rings is 1. The summed E-state index contributed by atoms with van der Waals surface area (Å²) in [6.07, 6.45) is 4.35. The number of aromatic nitrogens is 2. The zero-order chi connectivity index (χ0) is 19.0. The Hall–Kier alpha value is -2.25. The molecule has 0 unspecified atom stereocenters. The second kappa shape index (κ2) is 7.40. The van der Waals surface area contributed by atoms with Gasteiger partial charge in [-0.3, -0.25) is 9.69 Å². The first kappa shape index (κ1) is 18.1. The molecule has 27 heavy (non-hydrogen) atoms. The van der Waals surface area contributed by atoms with E-state index < -0.39 is 0 Å². The predicted octanol–water partition coefficient (Wildman–Crippen LogP) is 3.64. The molecule has 2 heterocycles. The number of benzene rings is 1. The van der Waals surface area contributed by atoms with Crippen molar-refractivity contribution in [3.8, 4) is 5.75 Å². The fourth-order valence-electron chi connectivity index (χ4n) is 3.71. The number of aromatic amines is 1. The van der Waals surface area contributed by atoms with Crippen LogP contribution in [0.3, 0.4) is 0 Å². The maximum Gasteiger partial charge on any atom is 0.259 e. The summed E-state index contributed by atoms with van der Waals surface area (Å²) in [6.45, 7) is 1.03. The summed E-state index contributed by atoms with van der Waals surface area (Å²) >= 11 is 1.65. The van der Waals surface area contributed by atoms with Crippen LogP contribution >= 0.6 is 11.3 Å². The Labute approximate surface area is 160 Å². The lowest BCUT2D eigenvalue weighted by atomic mass is 9.97. The fourth-order valence-corrected chi connectivity index (χ4v) is 5.00. The predicted molar refractivity (Wildman–Crippen MR) is 105 cm³/mol. The molecule has 0 atom stereocenters. The van der Waals surface area contributed by atoms with E-state index in [1.807, 2.05) is 18.0 Å². The maximum atomic E-state index is 13.9. The molecule has 0 amide bonds. The summed E-state index contributed by atoms with van der Waals surface area (Å²) in [5.74, 6) is 0.502. The van der Waals surface area contributed by atoms with Crippen molar-refractivity contribution in [1.29, 1.82) is 0 Å². The molecule has 3 aromatic rings. The summed E-state index contributed by atoms with van der Waals surface area (Å²) in [7, 11) is 3.37. The summed E-state index contributed by atoms with van der Waals surface area (Å²) < 4.78 is 18.8. The highest BCUT2D eigenvalue weighted by Crippen LogP contribution is 2.33. The Balaban J connectivity index is 1.54. The number of hydrogen-bond acceptors (Lipinski definition) is 5. The van der Waals surface area contributed by atoms with Crippen molar-refractivity contribution in [2.24, 2.45) is 0 Å². The number of halogens is 1. The minimum atomic E-state index is -0.375. The highest BCUT2D eigenvalue weighted by Gasteiger charge is 2.20. The largest absolute Gasteiger partial charge is 0.494 e. The molecule has 1 N–H and O–H groups in total. The molecule has 0 aliphatic heterocycles. The smallest absolute Gasteiger partial charge is 0.259 e. The van der Waals surface area contributed by atoms with E-state index in [-0.39, 0.29) is 17.1 Å². The lowest BCUT2D eigenvalue weighted by molar-refractivity contribution is 0.309. The third-order valence-electron chi connectivity index (χ3n) is 4.96. The molecule has 7 heteroatoms. The van der Waals surface area contributed by atoms with E-state index in [9.17, 15) is 9.18 Å². The average Bonchev–Trinajstić information content (AvgIpc) is 3.00. The molecule has 0 radical (unpaired) electrons. The number of nitrogens with zero attached hydrogens (tertiary/aromatic N) is 2. The topological polar surface area (TPSA) is 58.2 Å². The Morgan fingerprint density at radius 1 is 1.30 bits per heavy atom. The number of fused-ring (bicyclic) bond motifs is 3. The van der Waals surface area contributed by atoms with Gasteiger partial charge >= 0.3 is 0 Å². The monoisotopic (exact) mass is 387 g/mol. The second-order valence-corrected chi connectivity index (χ2v) is 8.13. The van der Waals surface area contributed by atoms with Crippen LogP contribution < -0.4 is 10.3 Å². The Morgan fingerprint density at radius 2 is 2.11 bits per heavy atom. The summed E-state index contributed by atoms with van der Waals surface area (Å²) in [4.78, 5) is 24.4. The molecule has 142 valence electrons. The molecular formula is C20H22FN3O2S. The summed E-state index contributed by atoms with van der Waals surface area (Å²) in [5.41, 5.74) is 1.99. The van der Waals surface area contributed by atoms with Crippen LogP contribution in [-0.2, 0) is 25.9 Å². The molecule has 0 saturated carbocycles. The van der Waals surface area contributed by atoms with Gasteiger partial charge in [0.25, 0.3) is 5.56 Å². The van der Waals surface area contributed by atoms with Crippen molar-refractivity contribution in [3.05, 3.63) is 56.2 Å². The number of methoxy groups -OCH3 is 1. The molecule has 1 aliphatic carbocycles. The van der Waals surface area contributed by atoms with Gasteiger partial charge in [0.05, 0.1) is 19.0 Å². The van der Waals surface area contributed by atoms with Crippen LogP contribution in [0.4, 0.5) is 4.39 Å². The molecule has 1 aromatic carbocycles. The van der Waals surface area contributed by atoms with Crippen molar-refractivity contribution in [2.75, 3.05) is 14.2 Å². The number of ether oxygens (including phenoxy) is 1. The highest BCUT2D eigenvalue weighted by molar-refractivity contribution is 7.18. The minimum absolute atomic E-state index is 0.0432. The van der Waals surface area contributed by atoms with Gasteiger partial charge in [-0.2, -0.15) is 0 Å². The van der Waals surface area contributed by atoms with Crippen molar-refractivity contribution < 1.29 is 9.13 Å². The molecule has 2 aromatic heterocycles. The van der Waals surface area contributed by atoms with Crippen molar-refractivity contribution in [1.82, 2.24) is 14.9 Å². The Morgan fingerprint density at radius 3 is 2.89 bits per heavy atom. The first-order valence-corrected chi connectivity index (χ1v) is 9.91. The van der Waals surface area contributed by atoms with Crippen LogP contribution in [0.2, 0.25) is 0 Å². The maximum absolute atomic E-state index is 13.9. The molecule has 1 aliphatic rings. The van der Waals surface area contributed by atoms with E-state index in [4.69, 9.17) is 9.72 Å². The third kappa shape index (κ3) is 3.61. The zero-order valence-corrected chi connectivity index (χ0v) is 16.3. The van der Waals surface area contributed by atoms with Gasteiger partial charge in [0.1, 0.15) is 10.7 Å². The quantitative estimate of drug-likeness (QED) is 0.726. The van der Waals surface area contributed by atoms with Gasteiger partial charge in [0.15, 0.2) is 11.6 Å². The van der Waals surface area contributed by atoms with Crippen LogP contribution in [-0.4, -0.2) is 29.0 Å². The van der Waals surface area contributed by atoms with Gasteiger partial charge in [-0.25, -0.2) is 9.37 Å². The number of nitrogens with one attached hydrogen (secondary N) is 1. The standard InChI is InChI=1S/C20H22FN3O2S/c1-24(10-12-7-8-15(26-2)14(21)9-12)11-17-22-19(25)18-13-5-3-4-6-16(13)27-20(18)23-17/h7-9H,3-6,10-11H2,1-2H3,(H,22,23,25). The van der Waals surface area contributed by atoms with Crippen LogP contribution in [0.15, 0.2) is 23.0 Å². The molecule has 4 rings (SSSR count). The number of hydrogen-bond donors (Lipinski definition) is 1. The molecule has 0 spiro atoms. The van der Waals surface area contributed by atoms with Crippen LogP contribution in [0.1, 0.15) is 34.7 Å². The van der Waals surface area contributed by atoms with Crippen LogP contribution in [0.25, 0.3) is 10.2 Å². The summed E-state index contributed by atoms with van der Waals surface area (Å²) in [6, 6.07) is 4.94. The van der Waals surface area contributed by atoms with Gasteiger partial charge < -0.3 is 9.72 Å². The van der Waals surface area contributed by atoms with Crippen LogP contribution in [0, 0.1) is 5.82 Å². The molecule has 0 fully saturated rings. The van der Waals surface area contributed by atoms with Crippen LogP contribution in [0.5, 0.6) is 5.75 Å². The highest BCUT2D eigenvalue weighted by atomic mass is 32.1. The van der Waals surface area contributed by atoms with E-state index in [2.05, 4.69) is 4.98 Å². The van der Waals surface area contributed by atoms with Gasteiger partial charge in [0, 0.05) is 11.4 Å². The van der Waals surface area contributed by atoms with Gasteiger partial charge in [-0.15, -0.1) is 11.3 Å². The number of aryl methyl sites for hydroxylation is 2. The molecule has 5 nitrogen and oxygen atoms in total. The van der Waals surface area contributed by atoms with E-state index >= 15 is 0 Å². The Bertz CT molecular complexity index is 1040. The average molecular weight is 387 g/mol. The second-order valence-electron chi connectivity index (χ2n) is 7.04. The fraction of sp³-hybridized carbons (Fsp3) is 0.400. The number of H-pyrrole nitrogens is 1. The van der Waals surface area contributed by atoms with Crippen molar-refractivity contribution >= 4 is 21.6 Å². The SMILES string of the molecule is COc1ccc(CN(C)Cc2nc3sc4c(c3c(=O)[nH]2)CCCC4)cc1F. The third-order valence-corrected chi connectivity index (χ3v) is 6.15. The minimum Gasteiger partial charge on any atom is -0.494 e. The van der Waals surface area contributed by atoms with E-state index in [1.54, 1.807) is 17.4 Å². The van der Waals surface area contributed by atoms with E-state index in [1.165, 1.54) is 30.0 Å². The van der Waals surface area contributed by atoms with Crippen molar-refractivity contribution in [2.45, 2.75) is 38.8 Å².